The van der Waals surface area contributed by atoms with Crippen LogP contribution in [0.5, 0.6) is 17.2 Å². The number of methoxy groups -OCH3 is 2. The predicted octanol–water partition coefficient (Wildman–Crippen LogP) is 3.50. The van der Waals surface area contributed by atoms with Gasteiger partial charge in [0.2, 0.25) is 0 Å². The van der Waals surface area contributed by atoms with E-state index in [1.807, 2.05) is 0 Å². The minimum absolute atomic E-state index is 0.157. The molecule has 2 heterocycles. The Bertz CT molecular complexity index is 1640. The molecule has 0 bridgehead atoms. The third-order valence-corrected chi connectivity index (χ3v) is 7.24. The number of nitrogens with zero attached hydrogens (tertiary/aromatic N) is 2. The zero-order valence-corrected chi connectivity index (χ0v) is 23.8. The van der Waals surface area contributed by atoms with Crippen molar-refractivity contribution in [2.24, 2.45) is 4.99 Å². The number of hydrogen-bond acceptors (Lipinski definition) is 9. The van der Waals surface area contributed by atoms with Crippen molar-refractivity contribution in [1.82, 2.24) is 4.57 Å². The first-order valence-corrected chi connectivity index (χ1v) is 13.2. The SMILES string of the molecule is CCOC(=O)C1=C(C)N=c2s/c(=C\c3cc(Br)ccc3OC(C)=O)c(=O)n2[C@@H]1c1cc(OC)ccc1OC. The summed E-state index contributed by atoms with van der Waals surface area (Å²) in [5.74, 6) is 0.234. The number of thiazole rings is 1. The molecular formula is C27H25BrN2O7S. The number of benzene rings is 2. The van der Waals surface area contributed by atoms with Gasteiger partial charge in [0, 0.05) is 22.5 Å². The van der Waals surface area contributed by atoms with Crippen LogP contribution in [-0.2, 0) is 14.3 Å². The molecule has 1 aromatic heterocycles. The van der Waals surface area contributed by atoms with Crippen molar-refractivity contribution >= 4 is 45.3 Å². The van der Waals surface area contributed by atoms with E-state index in [2.05, 4.69) is 20.9 Å². The van der Waals surface area contributed by atoms with Crippen molar-refractivity contribution in [1.29, 1.82) is 0 Å². The molecule has 3 aromatic rings. The molecule has 1 aliphatic heterocycles. The second-order valence-electron chi connectivity index (χ2n) is 8.19. The molecule has 0 saturated carbocycles. The van der Waals surface area contributed by atoms with Crippen molar-refractivity contribution < 1.29 is 28.5 Å². The monoisotopic (exact) mass is 600 g/mol. The van der Waals surface area contributed by atoms with Gasteiger partial charge in [0.05, 0.1) is 36.6 Å². The summed E-state index contributed by atoms with van der Waals surface area (Å²) in [6, 6.07) is 9.42. The molecule has 0 radical (unpaired) electrons. The van der Waals surface area contributed by atoms with Crippen LogP contribution in [0.2, 0.25) is 0 Å². The smallest absolute Gasteiger partial charge is 0.338 e. The van der Waals surface area contributed by atoms with E-state index in [1.165, 1.54) is 25.7 Å². The lowest BCUT2D eigenvalue weighted by Crippen LogP contribution is -2.40. The Morgan fingerprint density at radius 3 is 2.53 bits per heavy atom. The molecule has 0 fully saturated rings. The number of rotatable bonds is 7. The van der Waals surface area contributed by atoms with E-state index in [9.17, 15) is 14.4 Å². The fourth-order valence-corrected chi connectivity index (χ4v) is 5.58. The quantitative estimate of drug-likeness (QED) is 0.302. The summed E-state index contributed by atoms with van der Waals surface area (Å²) in [6.07, 6.45) is 1.64. The number of aromatic nitrogens is 1. The molecule has 4 rings (SSSR count). The lowest BCUT2D eigenvalue weighted by Gasteiger charge is -2.26. The Balaban J connectivity index is 2.02. The Morgan fingerprint density at radius 1 is 1.13 bits per heavy atom. The van der Waals surface area contributed by atoms with E-state index >= 15 is 0 Å². The van der Waals surface area contributed by atoms with Gasteiger partial charge in [-0.15, -0.1) is 0 Å². The molecule has 1 atom stereocenters. The summed E-state index contributed by atoms with van der Waals surface area (Å²) in [7, 11) is 3.04. The van der Waals surface area contributed by atoms with E-state index < -0.39 is 18.0 Å². The minimum Gasteiger partial charge on any atom is -0.497 e. The van der Waals surface area contributed by atoms with E-state index in [1.54, 1.807) is 56.3 Å². The maximum absolute atomic E-state index is 13.9. The molecule has 38 heavy (non-hydrogen) atoms. The summed E-state index contributed by atoms with van der Waals surface area (Å²) >= 11 is 4.58. The minimum atomic E-state index is -0.882. The standard InChI is InChI=1S/C27H25BrN2O7S/c1-6-36-26(33)23-14(2)29-27-30(24(23)19-13-18(34-4)8-10-21(19)35-5)25(32)22(38-27)12-16-11-17(28)7-9-20(16)37-15(3)31/h7-13,24H,6H2,1-5H3/b22-12-/t24-/m1/s1. The van der Waals surface area contributed by atoms with Crippen molar-refractivity contribution in [2.75, 3.05) is 20.8 Å². The molecular weight excluding hydrogens is 576 g/mol. The fourth-order valence-electron chi connectivity index (χ4n) is 4.16. The Kier molecular flexibility index (Phi) is 8.17. The molecule has 0 unspecified atom stereocenters. The summed E-state index contributed by atoms with van der Waals surface area (Å²) in [5.41, 5.74) is 1.33. The molecule has 11 heteroatoms. The Morgan fingerprint density at radius 2 is 1.87 bits per heavy atom. The summed E-state index contributed by atoms with van der Waals surface area (Å²) in [6.45, 7) is 4.88. The third-order valence-electron chi connectivity index (χ3n) is 5.76. The fraction of sp³-hybridized carbons (Fsp3) is 0.259. The number of ether oxygens (including phenoxy) is 4. The summed E-state index contributed by atoms with van der Waals surface area (Å²) in [4.78, 5) is 43.7. The maximum Gasteiger partial charge on any atom is 0.338 e. The van der Waals surface area contributed by atoms with Gasteiger partial charge >= 0.3 is 11.9 Å². The topological polar surface area (TPSA) is 105 Å². The average Bonchev–Trinajstić information content (AvgIpc) is 3.18. The highest BCUT2D eigenvalue weighted by atomic mass is 79.9. The summed E-state index contributed by atoms with van der Waals surface area (Å²) in [5, 5.41) is 0. The van der Waals surface area contributed by atoms with Crippen LogP contribution in [0.3, 0.4) is 0 Å². The van der Waals surface area contributed by atoms with Gasteiger partial charge in [0.15, 0.2) is 4.80 Å². The van der Waals surface area contributed by atoms with Crippen LogP contribution in [0, 0.1) is 0 Å². The van der Waals surface area contributed by atoms with Gasteiger partial charge in [-0.2, -0.15) is 0 Å². The maximum atomic E-state index is 13.9. The molecule has 0 aliphatic carbocycles. The van der Waals surface area contributed by atoms with Gasteiger partial charge in [-0.3, -0.25) is 14.2 Å². The van der Waals surface area contributed by atoms with Crippen molar-refractivity contribution in [3.05, 3.63) is 83.0 Å². The first-order valence-electron chi connectivity index (χ1n) is 11.6. The zero-order chi connectivity index (χ0) is 27.6. The normalized spacial score (nSPS) is 15.0. The number of hydrogen-bond donors (Lipinski definition) is 0. The third kappa shape index (κ3) is 5.30. The van der Waals surface area contributed by atoms with Gasteiger partial charge in [-0.25, -0.2) is 9.79 Å². The van der Waals surface area contributed by atoms with Crippen LogP contribution in [0.25, 0.3) is 6.08 Å². The van der Waals surface area contributed by atoms with Gasteiger partial charge in [-0.05, 0) is 56.3 Å². The Labute approximate surface area is 230 Å². The predicted molar refractivity (Wildman–Crippen MR) is 145 cm³/mol. The van der Waals surface area contributed by atoms with Crippen LogP contribution in [0.4, 0.5) is 0 Å². The van der Waals surface area contributed by atoms with Crippen LogP contribution in [0.15, 0.2) is 61.9 Å². The zero-order valence-electron chi connectivity index (χ0n) is 21.4. The molecule has 9 nitrogen and oxygen atoms in total. The molecule has 1 aliphatic rings. The number of allylic oxidation sites excluding steroid dienone is 1. The van der Waals surface area contributed by atoms with Crippen LogP contribution in [0.1, 0.15) is 37.9 Å². The lowest BCUT2D eigenvalue weighted by atomic mass is 9.94. The average molecular weight is 601 g/mol. The number of esters is 2. The molecule has 0 amide bonds. The highest BCUT2D eigenvalue weighted by molar-refractivity contribution is 9.10. The van der Waals surface area contributed by atoms with Gasteiger partial charge < -0.3 is 18.9 Å². The van der Waals surface area contributed by atoms with Crippen molar-refractivity contribution in [3.63, 3.8) is 0 Å². The number of fused-ring (bicyclic) bond motifs is 1. The number of halogens is 1. The lowest BCUT2D eigenvalue weighted by molar-refractivity contribution is -0.139. The van der Waals surface area contributed by atoms with E-state index in [-0.39, 0.29) is 17.7 Å². The highest BCUT2D eigenvalue weighted by Crippen LogP contribution is 2.37. The first-order chi connectivity index (χ1) is 18.2. The number of carbonyl (C=O) groups excluding carboxylic acids is 2. The van der Waals surface area contributed by atoms with Gasteiger partial charge in [0.25, 0.3) is 5.56 Å². The van der Waals surface area contributed by atoms with Crippen molar-refractivity contribution in [2.45, 2.75) is 26.8 Å². The van der Waals surface area contributed by atoms with Crippen molar-refractivity contribution in [3.8, 4) is 17.2 Å². The van der Waals surface area contributed by atoms with Crippen LogP contribution >= 0.6 is 27.3 Å². The van der Waals surface area contributed by atoms with Crippen LogP contribution < -0.4 is 29.1 Å². The molecule has 0 saturated heterocycles. The second kappa shape index (κ2) is 11.4. The molecule has 2 aromatic carbocycles. The van der Waals surface area contributed by atoms with Gasteiger partial charge in [-0.1, -0.05) is 27.3 Å². The molecule has 0 N–H and O–H groups in total. The largest absolute Gasteiger partial charge is 0.497 e. The molecule has 0 spiro atoms. The van der Waals surface area contributed by atoms with Gasteiger partial charge in [0.1, 0.15) is 23.3 Å². The molecule has 198 valence electrons. The second-order valence-corrected chi connectivity index (χ2v) is 10.1. The van der Waals surface area contributed by atoms with E-state index in [0.29, 0.717) is 43.4 Å². The Hall–Kier alpha value is -3.70. The highest BCUT2D eigenvalue weighted by Gasteiger charge is 2.35. The number of carbonyl (C=O) groups is 2. The first kappa shape index (κ1) is 27.3. The van der Waals surface area contributed by atoms with E-state index in [4.69, 9.17) is 18.9 Å². The van der Waals surface area contributed by atoms with Crippen LogP contribution in [-0.4, -0.2) is 37.3 Å². The van der Waals surface area contributed by atoms with E-state index in [0.717, 1.165) is 15.8 Å². The summed E-state index contributed by atoms with van der Waals surface area (Å²) < 4.78 is 24.3.